The van der Waals surface area contributed by atoms with E-state index in [9.17, 15) is 9.59 Å². The molecule has 0 aliphatic carbocycles. The summed E-state index contributed by atoms with van der Waals surface area (Å²) in [6, 6.07) is 23.8. The number of hydrogen-bond acceptors (Lipinski definition) is 7. The zero-order valence-corrected chi connectivity index (χ0v) is 26.1. The Morgan fingerprint density at radius 1 is 1.02 bits per heavy atom. The third-order valence-electron chi connectivity index (χ3n) is 7.18. The van der Waals surface area contributed by atoms with Gasteiger partial charge in [0.25, 0.3) is 5.56 Å². The van der Waals surface area contributed by atoms with Gasteiger partial charge in [0.1, 0.15) is 11.4 Å². The Hall–Kier alpha value is -4.73. The first-order chi connectivity index (χ1) is 21.2. The summed E-state index contributed by atoms with van der Waals surface area (Å²) in [6.45, 7) is 5.35. The zero-order chi connectivity index (χ0) is 31.0. The number of benzene rings is 3. The molecule has 0 saturated carbocycles. The van der Waals surface area contributed by atoms with Crippen LogP contribution in [0.2, 0.25) is 5.02 Å². The van der Waals surface area contributed by atoms with Gasteiger partial charge in [0.05, 0.1) is 40.7 Å². The van der Waals surface area contributed by atoms with E-state index in [0.29, 0.717) is 37.1 Å². The van der Waals surface area contributed by atoms with Gasteiger partial charge in [-0.2, -0.15) is 5.10 Å². The average Bonchev–Trinajstić information content (AvgIpc) is 3.57. The Bertz CT molecular complexity index is 2060. The van der Waals surface area contributed by atoms with Crippen LogP contribution in [-0.2, 0) is 9.53 Å². The highest BCUT2D eigenvalue weighted by Gasteiger charge is 2.34. The van der Waals surface area contributed by atoms with E-state index >= 15 is 0 Å². The van der Waals surface area contributed by atoms with E-state index in [1.165, 1.54) is 11.3 Å². The molecule has 1 aliphatic rings. The van der Waals surface area contributed by atoms with E-state index in [2.05, 4.69) is 0 Å². The second-order valence-corrected chi connectivity index (χ2v) is 12.0. The third kappa shape index (κ3) is 5.64. The van der Waals surface area contributed by atoms with E-state index in [0.717, 1.165) is 22.4 Å². The number of para-hydroxylation sites is 1. The normalized spacial score (nSPS) is 14.9. The molecule has 0 bridgehead atoms. The molecular weight excluding hydrogens is 596 g/mol. The summed E-state index contributed by atoms with van der Waals surface area (Å²) in [6.07, 6.45) is 3.39. The second-order valence-electron chi connectivity index (χ2n) is 10.5. The molecular formula is C34H29ClN4O4S. The summed E-state index contributed by atoms with van der Waals surface area (Å²) in [4.78, 5) is 32.8. The molecule has 0 fully saturated rings. The summed E-state index contributed by atoms with van der Waals surface area (Å²) in [7, 11) is 1.59. The minimum atomic E-state index is -0.728. The van der Waals surface area contributed by atoms with Gasteiger partial charge >= 0.3 is 5.97 Å². The minimum Gasteiger partial charge on any atom is -0.497 e. The molecule has 0 saturated heterocycles. The quantitative estimate of drug-likeness (QED) is 0.217. The van der Waals surface area contributed by atoms with Gasteiger partial charge in [0, 0.05) is 22.3 Å². The minimum absolute atomic E-state index is 0.272. The van der Waals surface area contributed by atoms with Crippen LogP contribution in [0.3, 0.4) is 0 Å². The van der Waals surface area contributed by atoms with Crippen LogP contribution in [-0.4, -0.2) is 33.5 Å². The molecule has 44 heavy (non-hydrogen) atoms. The average molecular weight is 625 g/mol. The number of hydrogen-bond donors (Lipinski definition) is 0. The summed E-state index contributed by atoms with van der Waals surface area (Å²) >= 11 is 7.44. The number of esters is 1. The Kier molecular flexibility index (Phi) is 8.07. The highest BCUT2D eigenvalue weighted by atomic mass is 35.5. The van der Waals surface area contributed by atoms with Gasteiger partial charge in [-0.25, -0.2) is 14.5 Å². The molecule has 0 N–H and O–H groups in total. The van der Waals surface area contributed by atoms with Crippen molar-refractivity contribution in [2.75, 3.05) is 7.11 Å². The first-order valence-electron chi connectivity index (χ1n) is 14.0. The van der Waals surface area contributed by atoms with Gasteiger partial charge in [0.2, 0.25) is 0 Å². The van der Waals surface area contributed by atoms with Crippen LogP contribution < -0.4 is 19.6 Å². The Labute approximate surface area is 262 Å². The lowest BCUT2D eigenvalue weighted by Gasteiger charge is -2.25. The first-order valence-corrected chi connectivity index (χ1v) is 15.2. The summed E-state index contributed by atoms with van der Waals surface area (Å²) < 4.78 is 14.8. The van der Waals surface area contributed by atoms with Crippen molar-refractivity contribution >= 4 is 35.0 Å². The number of carbonyl (C=O) groups excluding carboxylic acids is 1. The predicted octanol–water partition coefficient (Wildman–Crippen LogP) is 5.70. The fourth-order valence-electron chi connectivity index (χ4n) is 5.14. The number of nitrogens with zero attached hydrogens (tertiary/aromatic N) is 4. The van der Waals surface area contributed by atoms with Crippen LogP contribution >= 0.6 is 22.9 Å². The molecule has 8 nitrogen and oxygen atoms in total. The number of carbonyl (C=O) groups is 1. The number of rotatable bonds is 7. The van der Waals surface area contributed by atoms with E-state index in [4.69, 9.17) is 31.2 Å². The van der Waals surface area contributed by atoms with Crippen molar-refractivity contribution in [3.05, 3.63) is 132 Å². The molecule has 0 amide bonds. The third-order valence-corrected chi connectivity index (χ3v) is 8.42. The number of allylic oxidation sites excluding steroid dienone is 1. The standard InChI is InChI=1S/C34H29ClN4O4S/c1-20(2)43-33(41)29-21(3)36-34-39(31(29)23-12-16-27(42-4)17-13-23)32(40)28(44-34)18-24-19-38(26-8-6-5-7-9-26)37-30(24)22-10-14-25(35)15-11-22/h5-20,31H,1-4H3/b28-18+/t31-/m0/s1. The van der Waals surface area contributed by atoms with E-state index in [-0.39, 0.29) is 11.7 Å². The fraction of sp³-hybridized carbons (Fsp3) is 0.176. The van der Waals surface area contributed by atoms with Gasteiger partial charge in [-0.05, 0) is 68.8 Å². The first kappa shape index (κ1) is 29.3. The SMILES string of the molecule is COc1ccc([C@H]2C(C(=O)OC(C)C)=C(C)N=c3s/c(=C/c4cn(-c5ccccc5)nc4-c4ccc(Cl)cc4)c(=O)n32)cc1. The van der Waals surface area contributed by atoms with Crippen molar-refractivity contribution in [2.24, 2.45) is 4.99 Å². The van der Waals surface area contributed by atoms with Crippen LogP contribution in [0.25, 0.3) is 23.0 Å². The molecule has 1 atom stereocenters. The number of methoxy groups -OCH3 is 1. The second kappa shape index (κ2) is 12.1. The van der Waals surface area contributed by atoms with Gasteiger partial charge in [0.15, 0.2) is 4.80 Å². The van der Waals surface area contributed by atoms with Crippen molar-refractivity contribution in [3.8, 4) is 22.7 Å². The molecule has 6 rings (SSSR count). The smallest absolute Gasteiger partial charge is 0.338 e. The van der Waals surface area contributed by atoms with Crippen molar-refractivity contribution in [2.45, 2.75) is 32.9 Å². The van der Waals surface area contributed by atoms with Gasteiger partial charge in [-0.1, -0.05) is 65.4 Å². The topological polar surface area (TPSA) is 87.7 Å². The van der Waals surface area contributed by atoms with Crippen LogP contribution in [0, 0.1) is 0 Å². The molecule has 3 aromatic carbocycles. The van der Waals surface area contributed by atoms with Crippen molar-refractivity contribution in [1.29, 1.82) is 0 Å². The predicted molar refractivity (Wildman–Crippen MR) is 172 cm³/mol. The lowest BCUT2D eigenvalue weighted by Crippen LogP contribution is -2.40. The zero-order valence-electron chi connectivity index (χ0n) is 24.5. The number of thiazole rings is 1. The van der Waals surface area contributed by atoms with Crippen molar-refractivity contribution < 1.29 is 14.3 Å². The summed E-state index contributed by atoms with van der Waals surface area (Å²) in [5.74, 6) is 0.156. The maximum Gasteiger partial charge on any atom is 0.338 e. The lowest BCUT2D eigenvalue weighted by molar-refractivity contribution is -0.143. The van der Waals surface area contributed by atoms with E-state index in [1.807, 2.05) is 91.1 Å². The van der Waals surface area contributed by atoms with E-state index in [1.54, 1.807) is 37.1 Å². The van der Waals surface area contributed by atoms with Crippen LogP contribution in [0.5, 0.6) is 5.75 Å². The fourth-order valence-corrected chi connectivity index (χ4v) is 6.30. The van der Waals surface area contributed by atoms with Gasteiger partial charge in [-0.3, -0.25) is 9.36 Å². The Balaban J connectivity index is 1.55. The molecule has 3 heterocycles. The lowest BCUT2D eigenvalue weighted by atomic mass is 9.96. The monoisotopic (exact) mass is 624 g/mol. The van der Waals surface area contributed by atoms with Crippen molar-refractivity contribution in [1.82, 2.24) is 14.3 Å². The Morgan fingerprint density at radius 2 is 1.73 bits per heavy atom. The highest BCUT2D eigenvalue weighted by Crippen LogP contribution is 2.32. The molecule has 222 valence electrons. The molecule has 0 unspecified atom stereocenters. The summed E-state index contributed by atoms with van der Waals surface area (Å²) in [5.41, 5.74) is 4.47. The largest absolute Gasteiger partial charge is 0.497 e. The number of halogens is 1. The molecule has 0 radical (unpaired) electrons. The van der Waals surface area contributed by atoms with Gasteiger partial charge in [-0.15, -0.1) is 0 Å². The molecule has 1 aliphatic heterocycles. The molecule has 0 spiro atoms. The summed E-state index contributed by atoms with van der Waals surface area (Å²) in [5, 5.41) is 5.49. The Morgan fingerprint density at radius 3 is 2.39 bits per heavy atom. The molecule has 5 aromatic rings. The maximum absolute atomic E-state index is 14.2. The number of ether oxygens (including phenoxy) is 2. The van der Waals surface area contributed by atoms with Gasteiger partial charge < -0.3 is 9.47 Å². The molecule has 10 heteroatoms. The number of aromatic nitrogens is 3. The van der Waals surface area contributed by atoms with Crippen LogP contribution in [0.1, 0.15) is 37.9 Å². The van der Waals surface area contributed by atoms with Crippen LogP contribution in [0.4, 0.5) is 0 Å². The molecule has 2 aromatic heterocycles. The maximum atomic E-state index is 14.2. The van der Waals surface area contributed by atoms with E-state index < -0.39 is 12.0 Å². The van der Waals surface area contributed by atoms with Crippen molar-refractivity contribution in [3.63, 3.8) is 0 Å². The van der Waals surface area contributed by atoms with Crippen LogP contribution in [0.15, 0.2) is 106 Å². The highest BCUT2D eigenvalue weighted by molar-refractivity contribution is 7.07. The number of fused-ring (bicyclic) bond motifs is 1.